The van der Waals surface area contributed by atoms with E-state index in [-0.39, 0.29) is 11.5 Å². The lowest BCUT2D eigenvalue weighted by atomic mass is 10.4. The minimum absolute atomic E-state index is 0.0119. The molecule has 134 valence electrons. The first-order chi connectivity index (χ1) is 11.1. The molecule has 2 heterocycles. The molecule has 0 aromatic carbocycles. The van der Waals surface area contributed by atoms with E-state index < -0.39 is 22.0 Å². The molecule has 0 spiro atoms. The molecule has 0 aliphatic heterocycles. The Labute approximate surface area is 136 Å². The monoisotopic (exact) mass is 366 g/mol. The van der Waals surface area contributed by atoms with Gasteiger partial charge in [0.1, 0.15) is 5.82 Å². The molecule has 2 aromatic rings. The normalized spacial score (nSPS) is 12.9. The predicted molar refractivity (Wildman–Crippen MR) is 81.0 cm³/mol. The summed E-state index contributed by atoms with van der Waals surface area (Å²) in [5.41, 5.74) is -0.0119. The molecule has 2 rings (SSSR count). The Morgan fingerprint density at radius 1 is 1.29 bits per heavy atom. The highest BCUT2D eigenvalue weighted by Gasteiger charge is 2.37. The van der Waals surface area contributed by atoms with Crippen molar-refractivity contribution in [2.45, 2.75) is 19.5 Å². The smallest absolute Gasteiger partial charge is 0.369 e. The molecular formula is C12H17F3N6O2S. The van der Waals surface area contributed by atoms with Crippen molar-refractivity contribution in [3.63, 3.8) is 0 Å². The van der Waals surface area contributed by atoms with Crippen molar-refractivity contribution in [3.8, 4) is 0 Å². The van der Waals surface area contributed by atoms with Crippen LogP contribution in [0.2, 0.25) is 0 Å². The second-order valence-electron chi connectivity index (χ2n) is 5.04. The molecule has 0 aliphatic rings. The van der Waals surface area contributed by atoms with Crippen molar-refractivity contribution >= 4 is 21.5 Å². The number of anilines is 1. The first-order valence-corrected chi connectivity index (χ1v) is 8.96. The van der Waals surface area contributed by atoms with Gasteiger partial charge in [-0.2, -0.15) is 17.7 Å². The van der Waals surface area contributed by atoms with Crippen molar-refractivity contribution in [1.29, 1.82) is 0 Å². The fourth-order valence-corrected chi connectivity index (χ4v) is 3.02. The van der Waals surface area contributed by atoms with Gasteiger partial charge in [-0.3, -0.25) is 0 Å². The molecule has 0 amide bonds. The molecule has 8 nitrogen and oxygen atoms in total. The first-order valence-electron chi connectivity index (χ1n) is 7.11. The second-order valence-corrected chi connectivity index (χ2v) is 7.03. The van der Waals surface area contributed by atoms with Gasteiger partial charge in [0.25, 0.3) is 5.82 Å². The zero-order valence-corrected chi connectivity index (χ0v) is 13.9. The van der Waals surface area contributed by atoms with E-state index in [4.69, 9.17) is 0 Å². The summed E-state index contributed by atoms with van der Waals surface area (Å²) in [6.45, 7) is 2.76. The van der Waals surface area contributed by atoms with Gasteiger partial charge in [-0.1, -0.05) is 6.92 Å². The number of aromatic nitrogens is 4. The number of nitrogens with zero attached hydrogens (tertiary/aromatic N) is 5. The van der Waals surface area contributed by atoms with Crippen molar-refractivity contribution in [2.75, 3.05) is 31.2 Å². The molecular weight excluding hydrogens is 349 g/mol. The van der Waals surface area contributed by atoms with Gasteiger partial charge in [-0.25, -0.2) is 12.7 Å². The minimum atomic E-state index is -4.65. The molecule has 0 unspecified atom stereocenters. The van der Waals surface area contributed by atoms with Crippen LogP contribution in [-0.4, -0.2) is 58.4 Å². The fourth-order valence-electron chi connectivity index (χ4n) is 2.09. The third kappa shape index (κ3) is 4.32. The van der Waals surface area contributed by atoms with Crippen molar-refractivity contribution in [2.24, 2.45) is 0 Å². The van der Waals surface area contributed by atoms with E-state index in [9.17, 15) is 21.6 Å². The maximum Gasteiger partial charge on any atom is 0.453 e. The summed E-state index contributed by atoms with van der Waals surface area (Å²) in [4.78, 5) is 0. The predicted octanol–water partition coefficient (Wildman–Crippen LogP) is 1.23. The van der Waals surface area contributed by atoms with Gasteiger partial charge in [-0.05, 0) is 18.6 Å². The average Bonchev–Trinajstić information content (AvgIpc) is 2.89. The lowest BCUT2D eigenvalue weighted by molar-refractivity contribution is -0.146. The van der Waals surface area contributed by atoms with E-state index in [1.165, 1.54) is 16.4 Å². The number of fused-ring (bicyclic) bond motifs is 1. The number of hydrogen-bond donors (Lipinski definition) is 1. The standard InChI is InChI=1S/C12H17F3N6O2S/c1-3-20(24(2,22)23)8-4-7-16-9-5-6-10-17-18-11(12(13,14)15)21(10)19-9/h5-6H,3-4,7-8H2,1-2H3,(H,16,19). The van der Waals surface area contributed by atoms with E-state index in [1.807, 2.05) is 0 Å². The molecule has 24 heavy (non-hydrogen) atoms. The van der Waals surface area contributed by atoms with Gasteiger partial charge < -0.3 is 5.32 Å². The number of sulfonamides is 1. The Morgan fingerprint density at radius 2 is 2.00 bits per heavy atom. The van der Waals surface area contributed by atoms with Gasteiger partial charge >= 0.3 is 6.18 Å². The van der Waals surface area contributed by atoms with Crippen LogP contribution in [0.15, 0.2) is 12.1 Å². The van der Waals surface area contributed by atoms with Gasteiger partial charge in [0, 0.05) is 19.6 Å². The van der Waals surface area contributed by atoms with Crippen LogP contribution in [0.25, 0.3) is 5.65 Å². The summed E-state index contributed by atoms with van der Waals surface area (Å²) >= 11 is 0. The van der Waals surface area contributed by atoms with Crippen molar-refractivity contribution in [1.82, 2.24) is 24.1 Å². The third-order valence-corrected chi connectivity index (χ3v) is 4.61. The second kappa shape index (κ2) is 6.89. The van der Waals surface area contributed by atoms with Gasteiger partial charge in [-0.15, -0.1) is 15.3 Å². The Morgan fingerprint density at radius 3 is 2.58 bits per heavy atom. The molecule has 0 saturated carbocycles. The number of halogens is 3. The molecule has 0 bridgehead atoms. The van der Waals surface area contributed by atoms with E-state index >= 15 is 0 Å². The van der Waals surface area contributed by atoms with Crippen molar-refractivity contribution in [3.05, 3.63) is 18.0 Å². The molecule has 0 aliphatic carbocycles. The number of alkyl halides is 3. The fraction of sp³-hybridized carbons (Fsp3) is 0.583. The molecule has 2 aromatic heterocycles. The SMILES string of the molecule is CCN(CCCNc1ccc2nnc(C(F)(F)F)n2n1)S(C)(=O)=O. The highest BCUT2D eigenvalue weighted by Crippen LogP contribution is 2.27. The summed E-state index contributed by atoms with van der Waals surface area (Å²) in [7, 11) is -3.26. The van der Waals surface area contributed by atoms with Crippen LogP contribution in [0.3, 0.4) is 0 Å². The van der Waals surface area contributed by atoms with E-state index in [2.05, 4.69) is 20.6 Å². The molecule has 0 atom stereocenters. The van der Waals surface area contributed by atoms with Crippen LogP contribution < -0.4 is 5.32 Å². The summed E-state index contributed by atoms with van der Waals surface area (Å²) < 4.78 is 63.2. The Kier molecular flexibility index (Phi) is 5.28. The highest BCUT2D eigenvalue weighted by molar-refractivity contribution is 7.88. The van der Waals surface area contributed by atoms with Crippen LogP contribution in [-0.2, 0) is 16.2 Å². The first kappa shape index (κ1) is 18.4. The van der Waals surface area contributed by atoms with Crippen molar-refractivity contribution < 1.29 is 21.6 Å². The van der Waals surface area contributed by atoms with Crippen LogP contribution in [0, 0.1) is 0 Å². The maximum atomic E-state index is 12.8. The van der Waals surface area contributed by atoms with E-state index in [1.54, 1.807) is 6.92 Å². The summed E-state index contributed by atoms with van der Waals surface area (Å²) in [6, 6.07) is 2.85. The molecule has 12 heteroatoms. The third-order valence-electron chi connectivity index (χ3n) is 3.23. The Balaban J connectivity index is 2.01. The molecule has 1 N–H and O–H groups in total. The number of nitrogens with one attached hydrogen (secondary N) is 1. The van der Waals surface area contributed by atoms with E-state index in [0.717, 1.165) is 6.26 Å². The number of rotatable bonds is 7. The zero-order valence-electron chi connectivity index (χ0n) is 13.1. The zero-order chi connectivity index (χ0) is 18.0. The summed E-state index contributed by atoms with van der Waals surface area (Å²) in [5.74, 6) is -0.981. The molecule has 0 fully saturated rings. The van der Waals surface area contributed by atoms with Crippen LogP contribution in [0.5, 0.6) is 0 Å². The Bertz CT molecular complexity index is 805. The van der Waals surface area contributed by atoms with Gasteiger partial charge in [0.05, 0.1) is 6.26 Å². The summed E-state index contributed by atoms with van der Waals surface area (Å²) in [6.07, 6.45) is -3.04. The van der Waals surface area contributed by atoms with E-state index in [0.29, 0.717) is 30.6 Å². The van der Waals surface area contributed by atoms with Gasteiger partial charge in [0.15, 0.2) is 5.65 Å². The lowest BCUT2D eigenvalue weighted by Gasteiger charge is -2.17. The van der Waals surface area contributed by atoms with Crippen LogP contribution in [0.1, 0.15) is 19.2 Å². The molecule has 0 saturated heterocycles. The number of hydrogen-bond acceptors (Lipinski definition) is 6. The highest BCUT2D eigenvalue weighted by atomic mass is 32.2. The lowest BCUT2D eigenvalue weighted by Crippen LogP contribution is -2.31. The summed E-state index contributed by atoms with van der Waals surface area (Å²) in [5, 5.41) is 13.2. The topological polar surface area (TPSA) is 92.5 Å². The average molecular weight is 366 g/mol. The maximum absolute atomic E-state index is 12.8. The Hall–Kier alpha value is -1.95. The quantitative estimate of drug-likeness (QED) is 0.741. The molecule has 0 radical (unpaired) electrons. The van der Waals surface area contributed by atoms with Crippen LogP contribution >= 0.6 is 0 Å². The van der Waals surface area contributed by atoms with Gasteiger partial charge in [0.2, 0.25) is 10.0 Å². The van der Waals surface area contributed by atoms with Crippen LogP contribution in [0.4, 0.5) is 19.0 Å². The minimum Gasteiger partial charge on any atom is -0.369 e. The largest absolute Gasteiger partial charge is 0.453 e.